The molecule has 172 valence electrons. The van der Waals surface area contributed by atoms with Gasteiger partial charge in [0.2, 0.25) is 0 Å². The molecular weight excluding hydrogens is 462 g/mol. The molecule has 0 amide bonds. The van der Waals surface area contributed by atoms with E-state index in [-0.39, 0.29) is 0 Å². The third-order valence-corrected chi connectivity index (χ3v) is 6.26. The van der Waals surface area contributed by atoms with Gasteiger partial charge in [-0.2, -0.15) is 10.2 Å². The lowest BCUT2D eigenvalue weighted by molar-refractivity contribution is 0.692. The van der Waals surface area contributed by atoms with Crippen LogP contribution in [-0.2, 0) is 13.6 Å². The zero-order valence-corrected chi connectivity index (χ0v) is 19.8. The lowest BCUT2D eigenvalue weighted by atomic mass is 10.1. The van der Waals surface area contributed by atoms with Gasteiger partial charge in [0.15, 0.2) is 5.65 Å². The molecular formula is C25H20ClN9. The molecule has 0 fully saturated rings. The number of para-hydroxylation sites is 1. The molecule has 0 atom stereocenters. The van der Waals surface area contributed by atoms with E-state index in [2.05, 4.69) is 15.1 Å². The third-order valence-electron chi connectivity index (χ3n) is 5.93. The number of halogens is 1. The molecule has 2 N–H and O–H groups in total. The number of nitrogens with zero attached hydrogens (tertiary/aromatic N) is 8. The van der Waals surface area contributed by atoms with Crippen molar-refractivity contribution in [2.75, 3.05) is 5.73 Å². The van der Waals surface area contributed by atoms with Crippen LogP contribution in [0, 0.1) is 6.92 Å². The first-order valence-corrected chi connectivity index (χ1v) is 11.3. The molecule has 0 aliphatic heterocycles. The van der Waals surface area contributed by atoms with Crippen LogP contribution in [-0.4, -0.2) is 39.5 Å². The number of nitrogens with two attached hydrogens (primary N) is 1. The Kier molecular flexibility index (Phi) is 4.93. The van der Waals surface area contributed by atoms with E-state index in [9.17, 15) is 0 Å². The van der Waals surface area contributed by atoms with Gasteiger partial charge < -0.3 is 5.73 Å². The molecule has 0 saturated heterocycles. The average Bonchev–Trinajstić information content (AvgIpc) is 3.44. The van der Waals surface area contributed by atoms with Gasteiger partial charge in [0.1, 0.15) is 17.8 Å². The predicted molar refractivity (Wildman–Crippen MR) is 136 cm³/mol. The van der Waals surface area contributed by atoms with Crippen molar-refractivity contribution in [1.82, 2.24) is 39.5 Å². The summed E-state index contributed by atoms with van der Waals surface area (Å²) < 4.78 is 3.50. The predicted octanol–water partition coefficient (Wildman–Crippen LogP) is 4.43. The van der Waals surface area contributed by atoms with Gasteiger partial charge in [0.05, 0.1) is 45.6 Å². The number of aryl methyl sites for hydroxylation is 2. The smallest absolute Gasteiger partial charge is 0.164 e. The monoisotopic (exact) mass is 481 g/mol. The van der Waals surface area contributed by atoms with Gasteiger partial charge in [-0.3, -0.25) is 4.68 Å². The maximum Gasteiger partial charge on any atom is 0.164 e. The maximum absolute atomic E-state index is 6.58. The van der Waals surface area contributed by atoms with E-state index in [0.717, 1.165) is 33.4 Å². The number of rotatable bonds is 4. The molecule has 2 aromatic carbocycles. The number of nitrogen functional groups attached to an aromatic ring is 1. The maximum atomic E-state index is 6.58. The Hall–Kier alpha value is -4.37. The van der Waals surface area contributed by atoms with Crippen LogP contribution in [0.25, 0.3) is 44.6 Å². The fourth-order valence-electron chi connectivity index (χ4n) is 4.26. The van der Waals surface area contributed by atoms with Crippen molar-refractivity contribution in [3.63, 3.8) is 0 Å². The highest BCUT2D eigenvalue weighted by Crippen LogP contribution is 2.33. The van der Waals surface area contributed by atoms with Crippen molar-refractivity contribution in [2.24, 2.45) is 7.05 Å². The van der Waals surface area contributed by atoms with Gasteiger partial charge >= 0.3 is 0 Å². The summed E-state index contributed by atoms with van der Waals surface area (Å²) in [7, 11) is 1.85. The fraction of sp³-hybridized carbons (Fsp3) is 0.120. The number of hydrogen-bond acceptors (Lipinski definition) is 7. The number of anilines is 1. The van der Waals surface area contributed by atoms with E-state index >= 15 is 0 Å². The van der Waals surface area contributed by atoms with Gasteiger partial charge in [0, 0.05) is 24.4 Å². The molecule has 0 saturated carbocycles. The van der Waals surface area contributed by atoms with Crippen molar-refractivity contribution in [2.45, 2.75) is 13.5 Å². The zero-order valence-electron chi connectivity index (χ0n) is 19.0. The first-order chi connectivity index (χ1) is 17.0. The largest absolute Gasteiger partial charge is 0.383 e. The summed E-state index contributed by atoms with van der Waals surface area (Å²) in [4.78, 5) is 18.7. The summed E-state index contributed by atoms with van der Waals surface area (Å²) in [5, 5.41) is 10.4. The lowest BCUT2D eigenvalue weighted by Crippen LogP contribution is -2.09. The lowest BCUT2D eigenvalue weighted by Gasteiger charge is -2.13. The molecule has 0 aliphatic carbocycles. The fourth-order valence-corrected chi connectivity index (χ4v) is 4.48. The molecule has 0 radical (unpaired) electrons. The van der Waals surface area contributed by atoms with Crippen molar-refractivity contribution < 1.29 is 0 Å². The summed E-state index contributed by atoms with van der Waals surface area (Å²) in [6, 6.07) is 13.6. The van der Waals surface area contributed by atoms with Crippen LogP contribution in [0.2, 0.25) is 5.02 Å². The van der Waals surface area contributed by atoms with Crippen LogP contribution in [0.15, 0.2) is 61.2 Å². The van der Waals surface area contributed by atoms with Gasteiger partial charge in [-0.25, -0.2) is 24.6 Å². The van der Waals surface area contributed by atoms with Crippen LogP contribution in [0.5, 0.6) is 0 Å². The van der Waals surface area contributed by atoms with Crippen LogP contribution in [0.1, 0.15) is 11.3 Å². The molecule has 4 heterocycles. The highest BCUT2D eigenvalue weighted by Gasteiger charge is 2.21. The molecule has 0 spiro atoms. The molecule has 6 rings (SSSR count). The minimum atomic E-state index is 0.311. The van der Waals surface area contributed by atoms with Gasteiger partial charge in [-0.05, 0) is 24.6 Å². The first-order valence-electron chi connectivity index (χ1n) is 11.0. The van der Waals surface area contributed by atoms with Gasteiger partial charge in [0.25, 0.3) is 0 Å². The number of aromatic nitrogens is 8. The summed E-state index contributed by atoms with van der Waals surface area (Å²) in [5.41, 5.74) is 13.2. The van der Waals surface area contributed by atoms with Crippen molar-refractivity contribution in [3.05, 3.63) is 77.5 Å². The molecule has 4 aromatic heterocycles. The number of hydrogen-bond donors (Lipinski definition) is 1. The van der Waals surface area contributed by atoms with Gasteiger partial charge in [-0.15, -0.1) is 0 Å². The number of benzene rings is 2. The Balaban J connectivity index is 1.59. The summed E-state index contributed by atoms with van der Waals surface area (Å²) in [6.07, 6.45) is 5.06. The SMILES string of the molecule is Cc1cccc2nc(-c3ccccc3Cl)c(Cn3nc(-c4cnn(C)c4)c4c(N)ncnc43)nc12. The van der Waals surface area contributed by atoms with E-state index in [1.807, 2.05) is 62.6 Å². The average molecular weight is 482 g/mol. The minimum Gasteiger partial charge on any atom is -0.383 e. The Morgan fingerprint density at radius 1 is 1.00 bits per heavy atom. The molecule has 6 aromatic rings. The highest BCUT2D eigenvalue weighted by atomic mass is 35.5. The van der Waals surface area contributed by atoms with Crippen LogP contribution >= 0.6 is 11.6 Å². The molecule has 0 unspecified atom stereocenters. The second-order valence-corrected chi connectivity index (χ2v) is 8.72. The number of fused-ring (bicyclic) bond motifs is 2. The van der Waals surface area contributed by atoms with E-state index < -0.39 is 0 Å². The normalized spacial score (nSPS) is 11.5. The van der Waals surface area contributed by atoms with E-state index in [0.29, 0.717) is 39.8 Å². The van der Waals surface area contributed by atoms with E-state index in [1.165, 1.54) is 6.33 Å². The second kappa shape index (κ2) is 8.14. The van der Waals surface area contributed by atoms with E-state index in [4.69, 9.17) is 32.4 Å². The van der Waals surface area contributed by atoms with Crippen molar-refractivity contribution in [1.29, 1.82) is 0 Å². The standard InChI is InChI=1S/C25H20ClN9/c1-14-6-5-9-18-21(14)32-19(23(31-18)16-7-3-4-8-17(16)26)12-35-25-20(24(27)28-13-29-25)22(33-35)15-10-30-34(2)11-15/h3-11,13H,12H2,1-2H3,(H2,27,28,29). The summed E-state index contributed by atoms with van der Waals surface area (Å²) in [5.74, 6) is 0.354. The van der Waals surface area contributed by atoms with Crippen LogP contribution < -0.4 is 5.73 Å². The van der Waals surface area contributed by atoms with Crippen LogP contribution in [0.3, 0.4) is 0 Å². The quantitative estimate of drug-likeness (QED) is 0.396. The van der Waals surface area contributed by atoms with E-state index in [1.54, 1.807) is 15.6 Å². The Morgan fingerprint density at radius 2 is 1.86 bits per heavy atom. The molecule has 0 aliphatic rings. The molecule has 35 heavy (non-hydrogen) atoms. The Morgan fingerprint density at radius 3 is 2.66 bits per heavy atom. The van der Waals surface area contributed by atoms with Crippen molar-refractivity contribution in [3.8, 4) is 22.5 Å². The highest BCUT2D eigenvalue weighted by molar-refractivity contribution is 6.33. The third kappa shape index (κ3) is 3.57. The zero-order chi connectivity index (χ0) is 24.1. The van der Waals surface area contributed by atoms with Gasteiger partial charge in [-0.1, -0.05) is 41.9 Å². The Labute approximate surface area is 205 Å². The first kappa shape index (κ1) is 21.2. The van der Waals surface area contributed by atoms with Crippen molar-refractivity contribution >= 4 is 39.5 Å². The topological polar surface area (TPSA) is 113 Å². The van der Waals surface area contributed by atoms with Crippen LogP contribution in [0.4, 0.5) is 5.82 Å². The Bertz CT molecular complexity index is 1730. The summed E-state index contributed by atoms with van der Waals surface area (Å²) >= 11 is 6.58. The second-order valence-electron chi connectivity index (χ2n) is 8.31. The summed E-state index contributed by atoms with van der Waals surface area (Å²) in [6.45, 7) is 2.33. The molecule has 10 heteroatoms. The molecule has 9 nitrogen and oxygen atoms in total. The minimum absolute atomic E-state index is 0.311. The molecule has 0 bridgehead atoms.